The van der Waals surface area contributed by atoms with E-state index in [1.807, 2.05) is 30.7 Å². The zero-order valence-electron chi connectivity index (χ0n) is 20.0. The van der Waals surface area contributed by atoms with Crippen molar-refractivity contribution in [1.82, 2.24) is 9.47 Å². The summed E-state index contributed by atoms with van der Waals surface area (Å²) in [7, 11) is 3.34. The predicted molar refractivity (Wildman–Crippen MR) is 137 cm³/mol. The molecule has 1 fully saturated rings. The average Bonchev–Trinajstić information content (AvgIpc) is 3.17. The van der Waals surface area contributed by atoms with Crippen molar-refractivity contribution >= 4 is 46.0 Å². The van der Waals surface area contributed by atoms with Gasteiger partial charge in [-0.05, 0) is 67.1 Å². The summed E-state index contributed by atoms with van der Waals surface area (Å²) in [5.41, 5.74) is 4.71. The van der Waals surface area contributed by atoms with E-state index in [9.17, 15) is 14.9 Å². The van der Waals surface area contributed by atoms with Crippen molar-refractivity contribution in [2.24, 2.45) is 13.0 Å². The number of hydrogen-bond donors (Lipinski definition) is 0. The molecule has 0 atom stereocenters. The van der Waals surface area contributed by atoms with Gasteiger partial charge in [0.25, 0.3) is 5.91 Å². The third-order valence-electron chi connectivity index (χ3n) is 6.96. The molecule has 0 unspecified atom stereocenters. The Hall–Kier alpha value is -3.01. The molecule has 182 valence electrons. The molecule has 0 saturated carbocycles. The van der Waals surface area contributed by atoms with Crippen LogP contribution in [0.25, 0.3) is 10.9 Å². The van der Waals surface area contributed by atoms with Crippen LogP contribution in [0, 0.1) is 24.2 Å². The van der Waals surface area contributed by atoms with Gasteiger partial charge in [0.15, 0.2) is 0 Å². The highest BCUT2D eigenvalue weighted by molar-refractivity contribution is 6.38. The summed E-state index contributed by atoms with van der Waals surface area (Å²) in [5.74, 6) is -0.122. The van der Waals surface area contributed by atoms with E-state index in [0.717, 1.165) is 35.0 Å². The summed E-state index contributed by atoms with van der Waals surface area (Å²) in [5, 5.41) is 11.3. The Kier molecular flexibility index (Phi) is 7.39. The van der Waals surface area contributed by atoms with Gasteiger partial charge in [-0.3, -0.25) is 9.59 Å². The highest BCUT2D eigenvalue weighted by Crippen LogP contribution is 2.34. The van der Waals surface area contributed by atoms with Gasteiger partial charge in [0.2, 0.25) is 0 Å². The molecule has 3 aromatic rings. The molecule has 1 aliphatic heterocycles. The summed E-state index contributed by atoms with van der Waals surface area (Å²) >= 11 is 13.3. The van der Waals surface area contributed by atoms with Crippen LogP contribution in [0.3, 0.4) is 0 Å². The van der Waals surface area contributed by atoms with Gasteiger partial charge in [-0.15, -0.1) is 0 Å². The Labute approximate surface area is 215 Å². The van der Waals surface area contributed by atoms with Gasteiger partial charge in [0, 0.05) is 54.6 Å². The second kappa shape index (κ2) is 10.3. The topological polar surface area (TPSA) is 75.3 Å². The second-order valence-electron chi connectivity index (χ2n) is 9.11. The molecule has 1 saturated heterocycles. The molecule has 0 bridgehead atoms. The summed E-state index contributed by atoms with van der Waals surface area (Å²) in [4.78, 5) is 26.7. The van der Waals surface area contributed by atoms with Crippen LogP contribution < -0.4 is 0 Å². The van der Waals surface area contributed by atoms with E-state index < -0.39 is 0 Å². The third-order valence-corrected chi connectivity index (χ3v) is 7.74. The van der Waals surface area contributed by atoms with E-state index in [2.05, 4.69) is 12.1 Å². The molecular formula is C27H27Cl2N3O3. The number of ether oxygens (including phenoxy) is 1. The molecular weight excluding hydrogens is 485 g/mol. The van der Waals surface area contributed by atoms with Gasteiger partial charge < -0.3 is 14.2 Å². The van der Waals surface area contributed by atoms with E-state index in [1.165, 1.54) is 7.11 Å². The lowest BCUT2D eigenvalue weighted by Crippen LogP contribution is -2.39. The molecule has 6 nitrogen and oxygen atoms in total. The highest BCUT2D eigenvalue weighted by Gasteiger charge is 2.27. The van der Waals surface area contributed by atoms with Crippen LogP contribution in [0.4, 0.5) is 0 Å². The molecule has 35 heavy (non-hydrogen) atoms. The van der Waals surface area contributed by atoms with E-state index in [0.29, 0.717) is 52.7 Å². The minimum absolute atomic E-state index is 0.129. The number of carbonyl (C=O) groups is 2. The van der Waals surface area contributed by atoms with Gasteiger partial charge >= 0.3 is 5.97 Å². The SMILES string of the molecule is COC(=O)CC1CCN(C(=O)c2ccc(Cl)c(Cc3cc4c(C)cc(C#N)cc4n3C)c2Cl)CC1. The quantitative estimate of drug-likeness (QED) is 0.413. The Bertz CT molecular complexity index is 1350. The maximum Gasteiger partial charge on any atom is 0.305 e. The molecule has 1 aromatic heterocycles. The fourth-order valence-corrected chi connectivity index (χ4v) is 5.42. The monoisotopic (exact) mass is 511 g/mol. The summed E-state index contributed by atoms with van der Waals surface area (Å²) in [6.45, 7) is 3.12. The number of piperidine rings is 1. The number of hydrogen-bond acceptors (Lipinski definition) is 4. The van der Waals surface area contributed by atoms with Crippen molar-refractivity contribution in [3.63, 3.8) is 0 Å². The second-order valence-corrected chi connectivity index (χ2v) is 9.90. The highest BCUT2D eigenvalue weighted by atomic mass is 35.5. The largest absolute Gasteiger partial charge is 0.469 e. The van der Waals surface area contributed by atoms with Crippen LogP contribution in [0.5, 0.6) is 0 Å². The van der Waals surface area contributed by atoms with Crippen LogP contribution in [-0.4, -0.2) is 41.5 Å². The zero-order chi connectivity index (χ0) is 25.3. The lowest BCUT2D eigenvalue weighted by Gasteiger charge is -2.32. The van der Waals surface area contributed by atoms with Gasteiger partial charge in [0.05, 0.1) is 29.3 Å². The molecule has 2 aromatic carbocycles. The summed E-state index contributed by atoms with van der Waals surface area (Å²) in [6.07, 6.45) is 2.33. The Morgan fingerprint density at radius 2 is 1.89 bits per heavy atom. The number of methoxy groups -OCH3 is 1. The summed E-state index contributed by atoms with van der Waals surface area (Å²) in [6, 6.07) is 11.4. The molecule has 2 heterocycles. The number of halogens is 2. The molecule has 8 heteroatoms. The van der Waals surface area contributed by atoms with Crippen LogP contribution >= 0.6 is 23.2 Å². The number of esters is 1. The zero-order valence-corrected chi connectivity index (χ0v) is 21.5. The lowest BCUT2D eigenvalue weighted by molar-refractivity contribution is -0.142. The van der Waals surface area contributed by atoms with Crippen molar-refractivity contribution in [3.8, 4) is 6.07 Å². The number of amides is 1. The third kappa shape index (κ3) is 5.03. The Morgan fingerprint density at radius 1 is 1.17 bits per heavy atom. The molecule has 0 aliphatic carbocycles. The summed E-state index contributed by atoms with van der Waals surface area (Å²) < 4.78 is 6.80. The van der Waals surface area contributed by atoms with E-state index in [4.69, 9.17) is 27.9 Å². The van der Waals surface area contributed by atoms with Gasteiger partial charge in [0.1, 0.15) is 0 Å². The van der Waals surface area contributed by atoms with Crippen LogP contribution in [0.1, 0.15) is 52.0 Å². The Morgan fingerprint density at radius 3 is 2.54 bits per heavy atom. The van der Waals surface area contributed by atoms with Gasteiger partial charge in [-0.1, -0.05) is 23.2 Å². The first kappa shape index (κ1) is 25.1. The number of fused-ring (bicyclic) bond motifs is 1. The number of carbonyl (C=O) groups excluding carboxylic acids is 2. The van der Waals surface area contributed by atoms with Gasteiger partial charge in [-0.25, -0.2) is 0 Å². The van der Waals surface area contributed by atoms with E-state index >= 15 is 0 Å². The van der Waals surface area contributed by atoms with Gasteiger partial charge in [-0.2, -0.15) is 5.26 Å². The predicted octanol–water partition coefficient (Wildman–Crippen LogP) is 5.67. The van der Waals surface area contributed by atoms with Crippen molar-refractivity contribution in [1.29, 1.82) is 5.26 Å². The lowest BCUT2D eigenvalue weighted by atomic mass is 9.93. The van der Waals surface area contributed by atoms with Crippen molar-refractivity contribution < 1.29 is 14.3 Å². The Balaban J connectivity index is 1.58. The number of aryl methyl sites for hydroxylation is 2. The average molecular weight is 512 g/mol. The smallest absolute Gasteiger partial charge is 0.305 e. The molecule has 4 rings (SSSR count). The van der Waals surface area contributed by atoms with Crippen LogP contribution in [0.2, 0.25) is 10.0 Å². The van der Waals surface area contributed by atoms with Crippen molar-refractivity contribution in [2.75, 3.05) is 20.2 Å². The first-order valence-corrected chi connectivity index (χ1v) is 12.3. The molecule has 0 spiro atoms. The van der Waals surface area contributed by atoms with Crippen molar-refractivity contribution in [3.05, 3.63) is 68.3 Å². The number of likely N-dealkylation sites (tertiary alicyclic amines) is 1. The molecule has 1 aliphatic rings. The first-order chi connectivity index (χ1) is 16.7. The maximum absolute atomic E-state index is 13.3. The normalized spacial score (nSPS) is 14.2. The number of benzene rings is 2. The molecule has 0 N–H and O–H groups in total. The fraction of sp³-hybridized carbons (Fsp3) is 0.370. The van der Waals surface area contributed by atoms with Crippen LogP contribution in [-0.2, 0) is 23.0 Å². The maximum atomic E-state index is 13.3. The fourth-order valence-electron chi connectivity index (χ4n) is 4.83. The number of nitrogens with zero attached hydrogens (tertiary/aromatic N) is 3. The number of aromatic nitrogens is 1. The van der Waals surface area contributed by atoms with E-state index in [1.54, 1.807) is 17.0 Å². The standard InChI is InChI=1S/C27H27Cl2N3O3/c1-16-10-18(15-30)11-24-21(16)13-19(31(24)2)14-22-23(28)5-4-20(26(22)29)27(34)32-8-6-17(7-9-32)12-25(33)35-3/h4-5,10-11,13,17H,6-9,12,14H2,1-3H3. The minimum atomic E-state index is -0.215. The molecule has 1 amide bonds. The van der Waals surface area contributed by atoms with Crippen molar-refractivity contribution in [2.45, 2.75) is 32.6 Å². The minimum Gasteiger partial charge on any atom is -0.469 e. The first-order valence-electron chi connectivity index (χ1n) is 11.6. The van der Waals surface area contributed by atoms with Crippen LogP contribution in [0.15, 0.2) is 30.3 Å². The number of nitriles is 1. The number of rotatable bonds is 5. The molecule has 0 radical (unpaired) electrons. The van der Waals surface area contributed by atoms with E-state index in [-0.39, 0.29) is 17.8 Å².